The van der Waals surface area contributed by atoms with Crippen LogP contribution in [0.3, 0.4) is 0 Å². The van der Waals surface area contributed by atoms with E-state index in [2.05, 4.69) is 5.32 Å². The van der Waals surface area contributed by atoms with Crippen LogP contribution < -0.4 is 11.1 Å². The van der Waals surface area contributed by atoms with Crippen molar-refractivity contribution < 1.29 is 29.0 Å². The van der Waals surface area contributed by atoms with Crippen LogP contribution in [-0.2, 0) is 23.9 Å². The van der Waals surface area contributed by atoms with E-state index in [0.29, 0.717) is 29.8 Å². The van der Waals surface area contributed by atoms with Gasteiger partial charge in [-0.15, -0.1) is 0 Å². The van der Waals surface area contributed by atoms with Crippen molar-refractivity contribution in [2.45, 2.75) is 38.2 Å². The number of allylic oxidation sites excluding steroid dienone is 3. The predicted molar refractivity (Wildman–Crippen MR) is 103 cm³/mol. The molecule has 1 aliphatic carbocycles. The Bertz CT molecular complexity index is 919. The number of fused-ring (bicyclic) bond motifs is 2. The van der Waals surface area contributed by atoms with Gasteiger partial charge in [0.2, 0.25) is 5.78 Å². The minimum atomic E-state index is -1.11. The van der Waals surface area contributed by atoms with Gasteiger partial charge < -0.3 is 20.9 Å². The molecule has 1 atom stereocenters. The maximum Gasteiger partial charge on any atom is 0.343 e. The van der Waals surface area contributed by atoms with Crippen molar-refractivity contribution in [1.29, 1.82) is 0 Å². The monoisotopic (exact) mass is 398 g/mol. The molecule has 0 saturated heterocycles. The highest BCUT2D eigenvalue weighted by Gasteiger charge is 2.44. The summed E-state index contributed by atoms with van der Waals surface area (Å²) in [6.07, 6.45) is 9.32. The van der Waals surface area contributed by atoms with Crippen molar-refractivity contribution in [1.82, 2.24) is 5.32 Å². The molecule has 3 aliphatic rings. The van der Waals surface area contributed by atoms with Crippen molar-refractivity contribution in [3.05, 3.63) is 58.5 Å². The second kappa shape index (κ2) is 8.83. The Balaban J connectivity index is 1.85. The molecule has 29 heavy (non-hydrogen) atoms. The minimum Gasteiger partial charge on any atom is -0.478 e. The summed E-state index contributed by atoms with van der Waals surface area (Å²) in [6, 6.07) is 0. The number of dihydropyridines is 1. The number of carboxylic acids is 1. The Morgan fingerprint density at radius 3 is 2.66 bits per heavy atom. The average molecular weight is 398 g/mol. The summed E-state index contributed by atoms with van der Waals surface area (Å²) in [5, 5.41) is 11.6. The largest absolute Gasteiger partial charge is 0.478 e. The Morgan fingerprint density at radius 2 is 1.93 bits per heavy atom. The Labute approximate surface area is 167 Å². The summed E-state index contributed by atoms with van der Waals surface area (Å²) in [4.78, 5) is 48.3. The molecule has 0 saturated carbocycles. The molecule has 0 aromatic heterocycles. The Morgan fingerprint density at radius 1 is 1.17 bits per heavy atom. The highest BCUT2D eigenvalue weighted by Crippen LogP contribution is 2.36. The SMILES string of the molecule is NCCCCCCC(=O)C1=C2C=C3C=C(/C=C\C(=O)O)NC=C3C(=O)C2OC1=O. The van der Waals surface area contributed by atoms with Gasteiger partial charge in [-0.2, -0.15) is 0 Å². The maximum atomic E-state index is 12.7. The molecule has 2 aliphatic heterocycles. The molecule has 0 fully saturated rings. The number of nitrogens with one attached hydrogen (secondary N) is 1. The van der Waals surface area contributed by atoms with Gasteiger partial charge in [0.05, 0.1) is 0 Å². The molecule has 152 valence electrons. The van der Waals surface area contributed by atoms with E-state index in [-0.39, 0.29) is 23.4 Å². The zero-order chi connectivity index (χ0) is 21.0. The fourth-order valence-electron chi connectivity index (χ4n) is 3.43. The van der Waals surface area contributed by atoms with Crippen LogP contribution in [0.15, 0.2) is 58.5 Å². The molecule has 8 heteroatoms. The number of carboxylic acid groups (broad SMARTS) is 1. The van der Waals surface area contributed by atoms with E-state index in [1.54, 1.807) is 12.2 Å². The summed E-state index contributed by atoms with van der Waals surface area (Å²) in [6.45, 7) is 0.606. The number of carbonyl (C=O) groups excluding carboxylic acids is 3. The number of aliphatic carboxylic acids is 1. The van der Waals surface area contributed by atoms with Gasteiger partial charge in [-0.05, 0) is 43.2 Å². The summed E-state index contributed by atoms with van der Waals surface area (Å²) in [5.41, 5.74) is 6.94. The number of carbonyl (C=O) groups is 4. The van der Waals surface area contributed by atoms with E-state index in [4.69, 9.17) is 15.6 Å². The molecular weight excluding hydrogens is 376 g/mol. The molecule has 3 rings (SSSR count). The number of ether oxygens (including phenoxy) is 1. The van der Waals surface area contributed by atoms with Crippen LogP contribution in [-0.4, -0.2) is 41.3 Å². The molecular formula is C21H22N2O6. The Hall–Kier alpha value is -3.26. The summed E-state index contributed by atoms with van der Waals surface area (Å²) < 4.78 is 5.19. The number of ketones is 2. The first-order chi connectivity index (χ1) is 13.9. The third-order valence-corrected chi connectivity index (χ3v) is 4.86. The molecule has 2 heterocycles. The molecule has 4 N–H and O–H groups in total. The highest BCUT2D eigenvalue weighted by molar-refractivity contribution is 6.23. The zero-order valence-corrected chi connectivity index (χ0v) is 15.8. The van der Waals surface area contributed by atoms with Crippen LogP contribution in [0, 0.1) is 0 Å². The van der Waals surface area contributed by atoms with Crippen LogP contribution in [0.1, 0.15) is 32.1 Å². The van der Waals surface area contributed by atoms with E-state index >= 15 is 0 Å². The number of nitrogens with two attached hydrogens (primary N) is 1. The van der Waals surface area contributed by atoms with Crippen LogP contribution in [0.5, 0.6) is 0 Å². The zero-order valence-electron chi connectivity index (χ0n) is 15.8. The van der Waals surface area contributed by atoms with Gasteiger partial charge in [0.1, 0.15) is 5.57 Å². The van der Waals surface area contributed by atoms with Crippen molar-refractivity contribution in [3.63, 3.8) is 0 Å². The van der Waals surface area contributed by atoms with Crippen molar-refractivity contribution in [3.8, 4) is 0 Å². The van der Waals surface area contributed by atoms with Gasteiger partial charge in [-0.1, -0.05) is 12.8 Å². The van der Waals surface area contributed by atoms with E-state index in [1.807, 2.05) is 0 Å². The third kappa shape index (κ3) is 4.43. The molecule has 8 nitrogen and oxygen atoms in total. The summed E-state index contributed by atoms with van der Waals surface area (Å²) in [5.74, 6) is -2.62. The van der Waals surface area contributed by atoms with E-state index in [1.165, 1.54) is 12.3 Å². The van der Waals surface area contributed by atoms with E-state index < -0.39 is 23.8 Å². The second-order valence-corrected chi connectivity index (χ2v) is 6.93. The van der Waals surface area contributed by atoms with Gasteiger partial charge in [0, 0.05) is 35.5 Å². The first kappa shape index (κ1) is 20.5. The lowest BCUT2D eigenvalue weighted by atomic mass is 9.84. The fraction of sp³-hybridized carbons (Fsp3) is 0.333. The lowest BCUT2D eigenvalue weighted by molar-refractivity contribution is -0.145. The van der Waals surface area contributed by atoms with Gasteiger partial charge in [0.25, 0.3) is 0 Å². The maximum absolute atomic E-state index is 12.7. The number of rotatable bonds is 9. The topological polar surface area (TPSA) is 136 Å². The molecule has 0 spiro atoms. The van der Waals surface area contributed by atoms with E-state index in [9.17, 15) is 19.2 Å². The molecule has 0 aromatic rings. The molecule has 0 bridgehead atoms. The molecule has 0 amide bonds. The molecule has 0 radical (unpaired) electrons. The first-order valence-corrected chi connectivity index (χ1v) is 9.46. The normalized spacial score (nSPS) is 20.4. The average Bonchev–Trinajstić information content (AvgIpc) is 3.02. The molecule has 1 unspecified atom stereocenters. The first-order valence-electron chi connectivity index (χ1n) is 9.46. The van der Waals surface area contributed by atoms with Crippen LogP contribution >= 0.6 is 0 Å². The lowest BCUT2D eigenvalue weighted by Crippen LogP contribution is -2.31. The van der Waals surface area contributed by atoms with Crippen molar-refractivity contribution in [2.24, 2.45) is 5.73 Å². The lowest BCUT2D eigenvalue weighted by Gasteiger charge is -2.23. The standard InChI is InChI=1S/C21H22N2O6/c22-8-4-2-1-3-5-16(24)18-14-10-12-9-13(6-7-17(25)26)23-11-15(12)19(27)20(14)29-21(18)28/h6-7,9-11,20,23H,1-5,8,22H2,(H,25,26)/b7-6-. The number of unbranched alkanes of at least 4 members (excludes halogenated alkanes) is 3. The Kier molecular flexibility index (Phi) is 6.23. The van der Waals surface area contributed by atoms with E-state index in [0.717, 1.165) is 25.3 Å². The van der Waals surface area contributed by atoms with Crippen LogP contribution in [0.4, 0.5) is 0 Å². The summed E-state index contributed by atoms with van der Waals surface area (Å²) in [7, 11) is 0. The smallest absolute Gasteiger partial charge is 0.343 e. The highest BCUT2D eigenvalue weighted by atomic mass is 16.6. The van der Waals surface area contributed by atoms with Gasteiger partial charge >= 0.3 is 11.9 Å². The second-order valence-electron chi connectivity index (χ2n) is 6.93. The number of hydrogen-bond donors (Lipinski definition) is 3. The predicted octanol–water partition coefficient (Wildman–Crippen LogP) is 1.21. The number of esters is 1. The third-order valence-electron chi connectivity index (χ3n) is 4.86. The van der Waals surface area contributed by atoms with Crippen molar-refractivity contribution >= 4 is 23.5 Å². The quantitative estimate of drug-likeness (QED) is 0.228. The fourth-order valence-corrected chi connectivity index (χ4v) is 3.43. The molecule has 0 aromatic carbocycles. The van der Waals surface area contributed by atoms with Crippen LogP contribution in [0.2, 0.25) is 0 Å². The number of Topliss-reactive ketones (excluding diaryl/α,β-unsaturated/α-hetero) is 2. The van der Waals surface area contributed by atoms with Gasteiger partial charge in [-0.25, -0.2) is 9.59 Å². The van der Waals surface area contributed by atoms with Gasteiger partial charge in [-0.3, -0.25) is 9.59 Å². The van der Waals surface area contributed by atoms with Gasteiger partial charge in [0.15, 0.2) is 11.9 Å². The van der Waals surface area contributed by atoms with Crippen LogP contribution in [0.25, 0.3) is 0 Å². The van der Waals surface area contributed by atoms with Crippen molar-refractivity contribution in [2.75, 3.05) is 6.54 Å². The summed E-state index contributed by atoms with van der Waals surface area (Å²) >= 11 is 0. The number of hydrogen-bond acceptors (Lipinski definition) is 7. The minimum absolute atomic E-state index is 0.0664.